The summed E-state index contributed by atoms with van der Waals surface area (Å²) in [7, 11) is 0. The van der Waals surface area contributed by atoms with Crippen molar-refractivity contribution in [2.45, 2.75) is 24.8 Å². The summed E-state index contributed by atoms with van der Waals surface area (Å²) in [5.41, 5.74) is 2.74. The number of rotatable bonds is 5. The first kappa shape index (κ1) is 13.1. The molecule has 1 saturated carbocycles. The number of benzene rings is 2. The minimum Gasteiger partial charge on any atom is -0.394 e. The smallest absolute Gasteiger partial charge is 0.146 e. The molecule has 104 valence electrons. The van der Waals surface area contributed by atoms with E-state index in [1.54, 1.807) is 18.2 Å². The lowest BCUT2D eigenvalue weighted by Crippen LogP contribution is -2.15. The van der Waals surface area contributed by atoms with Crippen molar-refractivity contribution in [2.75, 3.05) is 11.9 Å². The third kappa shape index (κ3) is 2.83. The molecule has 1 fully saturated rings. The van der Waals surface area contributed by atoms with E-state index in [1.807, 2.05) is 12.1 Å². The molecule has 0 aliphatic heterocycles. The zero-order valence-corrected chi connectivity index (χ0v) is 11.2. The third-order valence-corrected chi connectivity index (χ3v) is 3.75. The summed E-state index contributed by atoms with van der Waals surface area (Å²) < 4.78 is 13.7. The van der Waals surface area contributed by atoms with E-state index in [0.717, 1.165) is 5.56 Å². The molecule has 1 unspecified atom stereocenters. The van der Waals surface area contributed by atoms with Gasteiger partial charge in [0.2, 0.25) is 0 Å². The maximum absolute atomic E-state index is 13.7. The molecule has 0 aromatic heterocycles. The zero-order chi connectivity index (χ0) is 13.9. The van der Waals surface area contributed by atoms with E-state index < -0.39 is 0 Å². The van der Waals surface area contributed by atoms with Gasteiger partial charge in [0.15, 0.2) is 0 Å². The lowest BCUT2D eigenvalue weighted by molar-refractivity contribution is 0.276. The average molecular weight is 271 g/mol. The van der Waals surface area contributed by atoms with Crippen LogP contribution in [0.4, 0.5) is 10.1 Å². The molecule has 0 heterocycles. The van der Waals surface area contributed by atoms with E-state index in [-0.39, 0.29) is 18.5 Å². The van der Waals surface area contributed by atoms with Crippen molar-refractivity contribution < 1.29 is 9.50 Å². The molecule has 2 aromatic carbocycles. The van der Waals surface area contributed by atoms with Crippen LogP contribution in [-0.4, -0.2) is 11.7 Å². The number of halogens is 1. The summed E-state index contributed by atoms with van der Waals surface area (Å²) in [6.07, 6.45) is 2.49. The number of anilines is 1. The topological polar surface area (TPSA) is 32.3 Å². The fourth-order valence-corrected chi connectivity index (χ4v) is 2.45. The van der Waals surface area contributed by atoms with Gasteiger partial charge in [0.05, 0.1) is 18.3 Å². The number of aliphatic hydroxyl groups excluding tert-OH is 1. The maximum atomic E-state index is 13.7. The van der Waals surface area contributed by atoms with Gasteiger partial charge in [-0.1, -0.05) is 36.4 Å². The van der Waals surface area contributed by atoms with Crippen molar-refractivity contribution >= 4 is 5.69 Å². The zero-order valence-electron chi connectivity index (χ0n) is 11.2. The van der Waals surface area contributed by atoms with Gasteiger partial charge in [-0.2, -0.15) is 0 Å². The predicted octanol–water partition coefficient (Wildman–Crippen LogP) is 3.85. The number of hydrogen-bond acceptors (Lipinski definition) is 2. The van der Waals surface area contributed by atoms with E-state index in [2.05, 4.69) is 17.4 Å². The molecular formula is C17H18FNO. The van der Waals surface area contributed by atoms with Crippen molar-refractivity contribution in [3.8, 4) is 0 Å². The van der Waals surface area contributed by atoms with Crippen molar-refractivity contribution in [3.63, 3.8) is 0 Å². The fraction of sp³-hybridized carbons (Fsp3) is 0.294. The van der Waals surface area contributed by atoms with Crippen LogP contribution in [0, 0.1) is 5.82 Å². The lowest BCUT2D eigenvalue weighted by atomic mass is 10.0. The molecule has 2 nitrogen and oxygen atoms in total. The third-order valence-electron chi connectivity index (χ3n) is 3.75. The van der Waals surface area contributed by atoms with Crippen LogP contribution in [0.5, 0.6) is 0 Å². The summed E-state index contributed by atoms with van der Waals surface area (Å²) in [4.78, 5) is 0. The van der Waals surface area contributed by atoms with Gasteiger partial charge in [0.25, 0.3) is 0 Å². The van der Waals surface area contributed by atoms with Crippen LogP contribution in [0.3, 0.4) is 0 Å². The van der Waals surface area contributed by atoms with Crippen LogP contribution >= 0.6 is 0 Å². The molecule has 0 bridgehead atoms. The Hall–Kier alpha value is -1.87. The van der Waals surface area contributed by atoms with Gasteiger partial charge in [-0.05, 0) is 42.0 Å². The van der Waals surface area contributed by atoms with Crippen LogP contribution < -0.4 is 5.32 Å². The maximum Gasteiger partial charge on any atom is 0.146 e. The lowest BCUT2D eigenvalue weighted by Gasteiger charge is -2.19. The first-order chi connectivity index (χ1) is 9.78. The van der Waals surface area contributed by atoms with E-state index in [1.165, 1.54) is 24.5 Å². The van der Waals surface area contributed by atoms with Gasteiger partial charge in [-0.25, -0.2) is 4.39 Å². The minimum atomic E-state index is -0.302. The SMILES string of the molecule is OCC(Nc1ccccc1F)c1cccc(C2CC2)c1. The van der Waals surface area contributed by atoms with Gasteiger partial charge in [-0.3, -0.25) is 0 Å². The van der Waals surface area contributed by atoms with E-state index in [4.69, 9.17) is 0 Å². The molecule has 2 N–H and O–H groups in total. The molecule has 0 radical (unpaired) electrons. The van der Waals surface area contributed by atoms with Crippen molar-refractivity contribution in [1.82, 2.24) is 0 Å². The summed E-state index contributed by atoms with van der Waals surface area (Å²) in [5, 5.41) is 12.7. The molecular weight excluding hydrogens is 253 g/mol. The summed E-state index contributed by atoms with van der Waals surface area (Å²) >= 11 is 0. The molecule has 0 amide bonds. The van der Waals surface area contributed by atoms with E-state index in [9.17, 15) is 9.50 Å². The number of hydrogen-bond donors (Lipinski definition) is 2. The molecule has 1 aliphatic carbocycles. The summed E-state index contributed by atoms with van der Waals surface area (Å²) in [5.74, 6) is 0.368. The Morgan fingerprint density at radius 3 is 2.65 bits per heavy atom. The second kappa shape index (κ2) is 5.63. The first-order valence-electron chi connectivity index (χ1n) is 6.99. The summed E-state index contributed by atoms with van der Waals surface area (Å²) in [6, 6.07) is 14.5. The molecule has 3 rings (SSSR count). The minimum absolute atomic E-state index is 0.0670. The van der Waals surface area contributed by atoms with Gasteiger partial charge in [-0.15, -0.1) is 0 Å². The molecule has 20 heavy (non-hydrogen) atoms. The Labute approximate surface area is 118 Å². The van der Waals surface area contributed by atoms with E-state index in [0.29, 0.717) is 11.6 Å². The highest BCUT2D eigenvalue weighted by atomic mass is 19.1. The Balaban J connectivity index is 1.82. The van der Waals surface area contributed by atoms with Gasteiger partial charge < -0.3 is 10.4 Å². The standard InChI is InChI=1S/C17H18FNO/c18-15-6-1-2-7-16(15)19-17(11-20)14-5-3-4-13(10-14)12-8-9-12/h1-7,10,12,17,19-20H,8-9,11H2. The monoisotopic (exact) mass is 271 g/mol. The Kier molecular flexibility index (Phi) is 3.70. The van der Waals surface area contributed by atoms with Crippen LogP contribution in [-0.2, 0) is 0 Å². The largest absolute Gasteiger partial charge is 0.394 e. The second-order valence-electron chi connectivity index (χ2n) is 5.30. The Bertz CT molecular complexity index is 595. The highest BCUT2D eigenvalue weighted by Crippen LogP contribution is 2.40. The second-order valence-corrected chi connectivity index (χ2v) is 5.30. The van der Waals surface area contributed by atoms with Gasteiger partial charge >= 0.3 is 0 Å². The quantitative estimate of drug-likeness (QED) is 0.865. The number of nitrogens with one attached hydrogen (secondary N) is 1. The number of aliphatic hydroxyl groups is 1. The normalized spacial score (nSPS) is 15.9. The first-order valence-corrected chi connectivity index (χ1v) is 6.99. The molecule has 1 aliphatic rings. The van der Waals surface area contributed by atoms with Crippen molar-refractivity contribution in [3.05, 3.63) is 65.5 Å². The fourth-order valence-electron chi connectivity index (χ4n) is 2.45. The van der Waals surface area contributed by atoms with Crippen molar-refractivity contribution in [1.29, 1.82) is 0 Å². The van der Waals surface area contributed by atoms with Crippen LogP contribution in [0.1, 0.15) is 35.9 Å². The van der Waals surface area contributed by atoms with Crippen molar-refractivity contribution in [2.24, 2.45) is 0 Å². The predicted molar refractivity (Wildman–Crippen MR) is 78.3 cm³/mol. The van der Waals surface area contributed by atoms with Gasteiger partial charge in [0.1, 0.15) is 5.82 Å². The van der Waals surface area contributed by atoms with E-state index >= 15 is 0 Å². The molecule has 0 saturated heterocycles. The Morgan fingerprint density at radius 2 is 1.95 bits per heavy atom. The molecule has 1 atom stereocenters. The highest BCUT2D eigenvalue weighted by molar-refractivity contribution is 5.47. The molecule has 0 spiro atoms. The highest BCUT2D eigenvalue weighted by Gasteiger charge is 2.24. The average Bonchev–Trinajstić information content (AvgIpc) is 3.31. The van der Waals surface area contributed by atoms with Crippen LogP contribution in [0.25, 0.3) is 0 Å². The number of para-hydroxylation sites is 1. The molecule has 3 heteroatoms. The van der Waals surface area contributed by atoms with Gasteiger partial charge in [0, 0.05) is 0 Å². The van der Waals surface area contributed by atoms with Crippen LogP contribution in [0.2, 0.25) is 0 Å². The summed E-state index contributed by atoms with van der Waals surface area (Å²) in [6.45, 7) is -0.0670. The Morgan fingerprint density at radius 1 is 1.15 bits per heavy atom. The molecule has 2 aromatic rings. The van der Waals surface area contributed by atoms with Crippen LogP contribution in [0.15, 0.2) is 48.5 Å².